The van der Waals surface area contributed by atoms with Gasteiger partial charge in [-0.05, 0) is 18.6 Å². The summed E-state index contributed by atoms with van der Waals surface area (Å²) in [5, 5.41) is 4.00. The lowest BCUT2D eigenvalue weighted by molar-refractivity contribution is 0.122. The molecule has 1 saturated heterocycles. The van der Waals surface area contributed by atoms with E-state index in [1.165, 1.54) is 0 Å². The van der Waals surface area contributed by atoms with Gasteiger partial charge in [-0.2, -0.15) is 4.98 Å². The predicted octanol–water partition coefficient (Wildman–Crippen LogP) is 2.89. The van der Waals surface area contributed by atoms with Gasteiger partial charge >= 0.3 is 0 Å². The van der Waals surface area contributed by atoms with Crippen molar-refractivity contribution in [1.29, 1.82) is 0 Å². The number of hydrogen-bond acceptors (Lipinski definition) is 5. The van der Waals surface area contributed by atoms with Crippen molar-refractivity contribution >= 4 is 23.4 Å². The van der Waals surface area contributed by atoms with Crippen LogP contribution in [0.4, 0.5) is 11.8 Å². The number of benzene rings is 1. The minimum Gasteiger partial charge on any atom is -0.378 e. The van der Waals surface area contributed by atoms with E-state index in [-0.39, 0.29) is 0 Å². The van der Waals surface area contributed by atoms with Crippen LogP contribution in [0.3, 0.4) is 0 Å². The van der Waals surface area contributed by atoms with Crippen LogP contribution in [0.5, 0.6) is 0 Å². The van der Waals surface area contributed by atoms with Crippen molar-refractivity contribution in [2.24, 2.45) is 0 Å². The van der Waals surface area contributed by atoms with Crippen molar-refractivity contribution in [1.82, 2.24) is 9.97 Å². The second-order valence-electron chi connectivity index (χ2n) is 5.24. The fraction of sp³-hybridized carbons (Fsp3) is 0.375. The highest BCUT2D eigenvalue weighted by atomic mass is 35.5. The van der Waals surface area contributed by atoms with Gasteiger partial charge in [0, 0.05) is 36.4 Å². The van der Waals surface area contributed by atoms with E-state index < -0.39 is 0 Å². The first kappa shape index (κ1) is 15.1. The molecule has 1 aromatic carbocycles. The summed E-state index contributed by atoms with van der Waals surface area (Å²) in [6.45, 7) is 5.79. The number of nitrogens with one attached hydrogen (secondary N) is 1. The first-order valence-corrected chi connectivity index (χ1v) is 7.76. The second kappa shape index (κ2) is 6.94. The van der Waals surface area contributed by atoms with Crippen LogP contribution in [-0.2, 0) is 11.3 Å². The molecule has 0 aliphatic carbocycles. The van der Waals surface area contributed by atoms with Gasteiger partial charge in [0.2, 0.25) is 5.95 Å². The molecule has 6 heteroatoms. The number of ether oxygens (including phenoxy) is 1. The molecule has 0 bridgehead atoms. The molecule has 3 rings (SSSR count). The van der Waals surface area contributed by atoms with E-state index in [0.717, 1.165) is 48.4 Å². The van der Waals surface area contributed by atoms with Crippen LogP contribution in [0.1, 0.15) is 11.3 Å². The number of anilines is 2. The molecule has 1 aromatic heterocycles. The highest BCUT2D eigenvalue weighted by Gasteiger charge is 2.14. The Morgan fingerprint density at radius 2 is 2.00 bits per heavy atom. The quantitative estimate of drug-likeness (QED) is 0.939. The van der Waals surface area contributed by atoms with E-state index in [1.54, 1.807) is 0 Å². The van der Waals surface area contributed by atoms with Crippen molar-refractivity contribution in [3.05, 3.63) is 46.6 Å². The molecule has 0 atom stereocenters. The summed E-state index contributed by atoms with van der Waals surface area (Å²) in [6, 6.07) is 9.78. The lowest BCUT2D eigenvalue weighted by Crippen LogP contribution is -2.37. The van der Waals surface area contributed by atoms with Crippen LogP contribution in [0.2, 0.25) is 5.02 Å². The second-order valence-corrected chi connectivity index (χ2v) is 5.64. The van der Waals surface area contributed by atoms with Crippen LogP contribution >= 0.6 is 11.6 Å². The Hall–Kier alpha value is -1.85. The first-order chi connectivity index (χ1) is 10.7. The number of rotatable bonds is 4. The summed E-state index contributed by atoms with van der Waals surface area (Å²) < 4.78 is 5.38. The van der Waals surface area contributed by atoms with Gasteiger partial charge in [0.1, 0.15) is 5.82 Å². The molecule has 2 aromatic rings. The van der Waals surface area contributed by atoms with Gasteiger partial charge in [0.25, 0.3) is 0 Å². The van der Waals surface area contributed by atoms with Gasteiger partial charge in [-0.1, -0.05) is 29.8 Å². The summed E-state index contributed by atoms with van der Waals surface area (Å²) >= 11 is 6.17. The molecule has 2 heterocycles. The number of halogens is 1. The molecular formula is C16H19ClN4O. The van der Waals surface area contributed by atoms with E-state index in [4.69, 9.17) is 16.3 Å². The van der Waals surface area contributed by atoms with E-state index in [2.05, 4.69) is 20.2 Å². The fourth-order valence-corrected chi connectivity index (χ4v) is 2.60. The molecular weight excluding hydrogens is 300 g/mol. The Morgan fingerprint density at radius 1 is 1.23 bits per heavy atom. The molecule has 0 unspecified atom stereocenters. The summed E-state index contributed by atoms with van der Waals surface area (Å²) in [4.78, 5) is 11.3. The van der Waals surface area contributed by atoms with Gasteiger partial charge in [-0.3, -0.25) is 0 Å². The van der Waals surface area contributed by atoms with E-state index in [0.29, 0.717) is 12.5 Å². The van der Waals surface area contributed by atoms with Crippen LogP contribution < -0.4 is 10.2 Å². The van der Waals surface area contributed by atoms with Crippen molar-refractivity contribution in [3.8, 4) is 0 Å². The number of hydrogen-bond donors (Lipinski definition) is 1. The molecule has 5 nitrogen and oxygen atoms in total. The van der Waals surface area contributed by atoms with Crippen molar-refractivity contribution < 1.29 is 4.74 Å². The van der Waals surface area contributed by atoms with Crippen LogP contribution in [0.25, 0.3) is 0 Å². The van der Waals surface area contributed by atoms with Crippen molar-refractivity contribution in [2.45, 2.75) is 13.5 Å². The minimum atomic E-state index is 0.603. The maximum absolute atomic E-state index is 6.17. The Balaban J connectivity index is 1.73. The summed E-state index contributed by atoms with van der Waals surface area (Å²) in [5.74, 6) is 1.57. The maximum Gasteiger partial charge on any atom is 0.225 e. The van der Waals surface area contributed by atoms with Crippen molar-refractivity contribution in [2.75, 3.05) is 36.5 Å². The zero-order chi connectivity index (χ0) is 15.4. The number of nitrogens with zero attached hydrogens (tertiary/aromatic N) is 3. The predicted molar refractivity (Wildman–Crippen MR) is 88.6 cm³/mol. The van der Waals surface area contributed by atoms with Gasteiger partial charge in [0.05, 0.1) is 13.2 Å². The molecule has 0 saturated carbocycles. The average molecular weight is 319 g/mol. The number of aryl methyl sites for hydroxylation is 1. The summed E-state index contributed by atoms with van der Waals surface area (Å²) in [6.07, 6.45) is 0. The van der Waals surface area contributed by atoms with Gasteiger partial charge < -0.3 is 15.0 Å². The number of morpholine rings is 1. The SMILES string of the molecule is Cc1cc(N2CCOCC2)nc(NCc2ccccc2Cl)n1. The van der Waals surface area contributed by atoms with Crippen LogP contribution in [-0.4, -0.2) is 36.3 Å². The lowest BCUT2D eigenvalue weighted by atomic mass is 10.2. The first-order valence-electron chi connectivity index (χ1n) is 7.38. The van der Waals surface area contributed by atoms with Crippen LogP contribution in [0, 0.1) is 6.92 Å². The third-order valence-corrected chi connectivity index (χ3v) is 3.94. The maximum atomic E-state index is 6.17. The molecule has 1 aliphatic heterocycles. The smallest absolute Gasteiger partial charge is 0.225 e. The Bertz CT molecular complexity index is 644. The lowest BCUT2D eigenvalue weighted by Gasteiger charge is -2.28. The van der Waals surface area contributed by atoms with E-state index in [9.17, 15) is 0 Å². The minimum absolute atomic E-state index is 0.603. The normalized spacial score (nSPS) is 14.9. The molecule has 1 N–H and O–H groups in total. The molecule has 1 aliphatic rings. The zero-order valence-corrected chi connectivity index (χ0v) is 13.3. The number of aromatic nitrogens is 2. The Kier molecular flexibility index (Phi) is 4.75. The molecule has 0 amide bonds. The summed E-state index contributed by atoms with van der Waals surface area (Å²) in [5.41, 5.74) is 1.97. The highest BCUT2D eigenvalue weighted by molar-refractivity contribution is 6.31. The highest BCUT2D eigenvalue weighted by Crippen LogP contribution is 2.19. The molecule has 116 valence electrons. The average Bonchev–Trinajstić information content (AvgIpc) is 2.54. The molecule has 0 spiro atoms. The largest absolute Gasteiger partial charge is 0.378 e. The third kappa shape index (κ3) is 3.67. The molecule has 1 fully saturated rings. The topological polar surface area (TPSA) is 50.3 Å². The van der Waals surface area contributed by atoms with Crippen molar-refractivity contribution in [3.63, 3.8) is 0 Å². The van der Waals surface area contributed by atoms with Gasteiger partial charge in [-0.25, -0.2) is 4.98 Å². The van der Waals surface area contributed by atoms with Crippen LogP contribution in [0.15, 0.2) is 30.3 Å². The zero-order valence-electron chi connectivity index (χ0n) is 12.6. The van der Waals surface area contributed by atoms with Gasteiger partial charge in [0.15, 0.2) is 0 Å². The fourth-order valence-electron chi connectivity index (χ4n) is 2.40. The Labute approximate surface area is 135 Å². The van der Waals surface area contributed by atoms with E-state index >= 15 is 0 Å². The molecule has 22 heavy (non-hydrogen) atoms. The van der Waals surface area contributed by atoms with Gasteiger partial charge in [-0.15, -0.1) is 0 Å². The monoisotopic (exact) mass is 318 g/mol. The Morgan fingerprint density at radius 3 is 2.77 bits per heavy atom. The summed E-state index contributed by atoms with van der Waals surface area (Å²) in [7, 11) is 0. The van der Waals surface area contributed by atoms with E-state index in [1.807, 2.05) is 37.3 Å². The molecule has 0 radical (unpaired) electrons. The third-order valence-electron chi connectivity index (χ3n) is 3.57. The standard InChI is InChI=1S/C16H19ClN4O/c1-12-10-15(21-6-8-22-9-7-21)20-16(19-12)18-11-13-4-2-3-5-14(13)17/h2-5,10H,6-9,11H2,1H3,(H,18,19,20).